The van der Waals surface area contributed by atoms with Crippen molar-refractivity contribution in [2.45, 2.75) is 13.1 Å². The fourth-order valence-electron chi connectivity index (χ4n) is 8.01. The highest BCUT2D eigenvalue weighted by molar-refractivity contribution is 6.17. The summed E-state index contributed by atoms with van der Waals surface area (Å²) >= 11 is 0. The molecule has 4 nitrogen and oxygen atoms in total. The maximum absolute atomic E-state index is 5.53. The lowest BCUT2D eigenvalue weighted by Crippen LogP contribution is -2.39. The molecule has 9 aromatic rings. The van der Waals surface area contributed by atoms with Gasteiger partial charge in [-0.05, 0) is 75.5 Å². The third-order valence-electron chi connectivity index (χ3n) is 10.6. The van der Waals surface area contributed by atoms with Crippen LogP contribution >= 0.6 is 0 Å². The first kappa shape index (κ1) is 31.0. The van der Waals surface area contributed by atoms with Gasteiger partial charge in [0.25, 0.3) is 0 Å². The average molecular weight is 681 g/mol. The lowest BCUT2D eigenvalue weighted by molar-refractivity contribution is 0.337. The molecule has 252 valence electrons. The van der Waals surface area contributed by atoms with Crippen LogP contribution in [0, 0.1) is 0 Å². The summed E-state index contributed by atoms with van der Waals surface area (Å²) in [5.74, 6) is 1.63. The Morgan fingerprint density at radius 3 is 1.72 bits per heavy atom. The Morgan fingerprint density at radius 1 is 0.491 bits per heavy atom. The van der Waals surface area contributed by atoms with Crippen LogP contribution in [0.15, 0.2) is 192 Å². The molecule has 0 radical (unpaired) electrons. The van der Waals surface area contributed by atoms with Crippen molar-refractivity contribution in [3.8, 4) is 16.8 Å². The number of rotatable bonds is 6. The molecule has 10 rings (SSSR count). The highest BCUT2D eigenvalue weighted by atomic mass is 15.3. The maximum Gasteiger partial charge on any atom is 0.159 e. The second-order valence-corrected chi connectivity index (χ2v) is 13.7. The van der Waals surface area contributed by atoms with Gasteiger partial charge in [-0.3, -0.25) is 0 Å². The second kappa shape index (κ2) is 12.8. The zero-order valence-electron chi connectivity index (χ0n) is 29.4. The minimum absolute atomic E-state index is 0.279. The van der Waals surface area contributed by atoms with Crippen LogP contribution in [0.25, 0.3) is 60.2 Å². The number of para-hydroxylation sites is 2. The SMILES string of the molecule is CCN1C(c2cc3ccccc3cc2-n2c3ccccc3c3ccccc32)=NC(c2ccc(-c3ccccc3)cc2)=NC1c1ccc2ccccc2c1. The molecule has 0 amide bonds. The zero-order chi connectivity index (χ0) is 35.3. The van der Waals surface area contributed by atoms with E-state index in [-0.39, 0.29) is 6.17 Å². The van der Waals surface area contributed by atoms with Crippen LogP contribution in [-0.2, 0) is 0 Å². The number of hydrogen-bond acceptors (Lipinski definition) is 3. The molecular weight excluding hydrogens is 645 g/mol. The van der Waals surface area contributed by atoms with E-state index in [1.807, 2.05) is 0 Å². The van der Waals surface area contributed by atoms with Gasteiger partial charge < -0.3 is 9.47 Å². The molecule has 1 aliphatic heterocycles. The lowest BCUT2D eigenvalue weighted by atomic mass is 9.99. The molecule has 1 atom stereocenters. The van der Waals surface area contributed by atoms with Crippen molar-refractivity contribution in [2.75, 3.05) is 6.54 Å². The molecule has 53 heavy (non-hydrogen) atoms. The van der Waals surface area contributed by atoms with Crippen molar-refractivity contribution >= 4 is 55.0 Å². The molecule has 4 heteroatoms. The first-order valence-electron chi connectivity index (χ1n) is 18.3. The molecule has 1 aliphatic rings. The molecule has 0 aliphatic carbocycles. The Balaban J connectivity index is 1.23. The Hall–Kier alpha value is -6.78. The van der Waals surface area contributed by atoms with E-state index in [1.165, 1.54) is 54.5 Å². The number of hydrogen-bond donors (Lipinski definition) is 0. The Morgan fingerprint density at radius 2 is 1.04 bits per heavy atom. The summed E-state index contributed by atoms with van der Waals surface area (Å²) in [7, 11) is 0. The third kappa shape index (κ3) is 5.30. The maximum atomic E-state index is 5.53. The molecular formula is C49H36N4. The molecule has 0 spiro atoms. The van der Waals surface area contributed by atoms with E-state index in [2.05, 4.69) is 198 Å². The second-order valence-electron chi connectivity index (χ2n) is 13.7. The summed E-state index contributed by atoms with van der Waals surface area (Å²) in [6.45, 7) is 2.93. The summed E-state index contributed by atoms with van der Waals surface area (Å²) in [6.07, 6.45) is -0.279. The number of fused-ring (bicyclic) bond motifs is 5. The summed E-state index contributed by atoms with van der Waals surface area (Å²) in [5, 5.41) is 7.23. The first-order chi connectivity index (χ1) is 26.2. The van der Waals surface area contributed by atoms with Crippen LogP contribution in [-0.4, -0.2) is 27.7 Å². The van der Waals surface area contributed by atoms with Crippen LogP contribution in [0.2, 0.25) is 0 Å². The molecule has 2 heterocycles. The first-order valence-corrected chi connectivity index (χ1v) is 18.3. The molecule has 0 bridgehead atoms. The number of benzene rings is 8. The van der Waals surface area contributed by atoms with E-state index >= 15 is 0 Å². The predicted octanol–water partition coefficient (Wildman–Crippen LogP) is 12.0. The van der Waals surface area contributed by atoms with Gasteiger partial charge in [-0.25, -0.2) is 9.98 Å². The quantitative estimate of drug-likeness (QED) is 0.172. The molecule has 8 aromatic carbocycles. The highest BCUT2D eigenvalue weighted by Crippen LogP contribution is 2.38. The van der Waals surface area contributed by atoms with Gasteiger partial charge >= 0.3 is 0 Å². The highest BCUT2D eigenvalue weighted by Gasteiger charge is 2.31. The fraction of sp³-hybridized carbons (Fsp3) is 0.0612. The van der Waals surface area contributed by atoms with Crippen LogP contribution in [0.5, 0.6) is 0 Å². The number of aromatic nitrogens is 1. The van der Waals surface area contributed by atoms with Crippen LogP contribution in [0.1, 0.15) is 29.8 Å². The standard InChI is InChI=1S/C49H36N4/c1-2-52-48(40-29-26-34-16-6-7-17-37(34)30-40)50-47(36-27-24-35(25-28-36)33-14-4-3-5-15-33)51-49(52)43-31-38-18-8-9-19-39(38)32-46(43)53-44-22-12-10-20-41(44)42-21-11-13-23-45(42)53/h3-32,48H,2H2,1H3. The van der Waals surface area contributed by atoms with Gasteiger partial charge in [0.2, 0.25) is 0 Å². The summed E-state index contributed by atoms with van der Waals surface area (Å²) < 4.78 is 2.42. The summed E-state index contributed by atoms with van der Waals surface area (Å²) in [6, 6.07) is 65.2. The number of aliphatic imine (C=N–C) groups is 2. The van der Waals surface area contributed by atoms with Gasteiger partial charge in [0.15, 0.2) is 12.0 Å². The van der Waals surface area contributed by atoms with Crippen molar-refractivity contribution < 1.29 is 0 Å². The smallest absolute Gasteiger partial charge is 0.159 e. The molecule has 1 unspecified atom stereocenters. The molecule has 1 aromatic heterocycles. The fourth-order valence-corrected chi connectivity index (χ4v) is 8.01. The van der Waals surface area contributed by atoms with E-state index in [4.69, 9.17) is 9.98 Å². The van der Waals surface area contributed by atoms with E-state index in [9.17, 15) is 0 Å². The van der Waals surface area contributed by atoms with Gasteiger partial charge in [-0.15, -0.1) is 0 Å². The van der Waals surface area contributed by atoms with Crippen molar-refractivity contribution in [2.24, 2.45) is 9.98 Å². The van der Waals surface area contributed by atoms with Gasteiger partial charge in [0, 0.05) is 28.4 Å². The molecule has 0 N–H and O–H groups in total. The topological polar surface area (TPSA) is 32.9 Å². The van der Waals surface area contributed by atoms with E-state index in [1.54, 1.807) is 0 Å². The number of nitrogens with zero attached hydrogens (tertiary/aromatic N) is 4. The lowest BCUT2D eigenvalue weighted by Gasteiger charge is -2.36. The molecule has 0 saturated carbocycles. The Bertz CT molecular complexity index is 2830. The normalized spacial score (nSPS) is 14.6. The van der Waals surface area contributed by atoms with E-state index in [0.717, 1.165) is 40.6 Å². The van der Waals surface area contributed by atoms with E-state index < -0.39 is 0 Å². The Labute approximate surface area is 308 Å². The Kier molecular flexibility index (Phi) is 7.47. The minimum atomic E-state index is -0.279. The third-order valence-corrected chi connectivity index (χ3v) is 10.6. The minimum Gasteiger partial charge on any atom is -0.330 e. The molecule has 0 fully saturated rings. The van der Waals surface area contributed by atoms with Crippen molar-refractivity contribution in [1.29, 1.82) is 0 Å². The van der Waals surface area contributed by atoms with Gasteiger partial charge in [0.1, 0.15) is 5.84 Å². The predicted molar refractivity (Wildman–Crippen MR) is 222 cm³/mol. The van der Waals surface area contributed by atoms with Gasteiger partial charge in [-0.1, -0.05) is 152 Å². The van der Waals surface area contributed by atoms with Crippen molar-refractivity contribution in [3.05, 3.63) is 199 Å². The number of amidine groups is 2. The molecule has 0 saturated heterocycles. The van der Waals surface area contributed by atoms with Gasteiger partial charge in [0.05, 0.1) is 16.7 Å². The van der Waals surface area contributed by atoms with Crippen LogP contribution in [0.3, 0.4) is 0 Å². The van der Waals surface area contributed by atoms with Crippen LogP contribution in [0.4, 0.5) is 0 Å². The zero-order valence-corrected chi connectivity index (χ0v) is 29.4. The van der Waals surface area contributed by atoms with Crippen molar-refractivity contribution in [3.63, 3.8) is 0 Å². The average Bonchev–Trinajstić information content (AvgIpc) is 3.57. The van der Waals surface area contributed by atoms with E-state index in [0.29, 0.717) is 0 Å². The van der Waals surface area contributed by atoms with Crippen molar-refractivity contribution in [1.82, 2.24) is 9.47 Å². The van der Waals surface area contributed by atoms with Crippen LogP contribution < -0.4 is 0 Å². The monoisotopic (exact) mass is 680 g/mol. The summed E-state index contributed by atoms with van der Waals surface area (Å²) in [5.41, 5.74) is 8.97. The largest absolute Gasteiger partial charge is 0.330 e. The summed E-state index contributed by atoms with van der Waals surface area (Å²) in [4.78, 5) is 13.4. The van der Waals surface area contributed by atoms with Gasteiger partial charge in [-0.2, -0.15) is 0 Å².